The highest BCUT2D eigenvalue weighted by Crippen LogP contribution is 2.05. The Morgan fingerprint density at radius 2 is 2.31 bits per heavy atom. The van der Waals surface area contributed by atoms with Crippen LogP contribution in [0.5, 0.6) is 0 Å². The lowest BCUT2D eigenvalue weighted by molar-refractivity contribution is 0.370. The molecular formula is C12H21N3O. The number of guanidine groups is 1. The van der Waals surface area contributed by atoms with Crippen molar-refractivity contribution in [2.75, 3.05) is 13.1 Å². The van der Waals surface area contributed by atoms with Gasteiger partial charge in [-0.2, -0.15) is 0 Å². The van der Waals surface area contributed by atoms with Crippen LogP contribution in [0.15, 0.2) is 27.8 Å². The first-order valence-electron chi connectivity index (χ1n) is 5.70. The molecule has 1 heterocycles. The highest BCUT2D eigenvalue weighted by molar-refractivity contribution is 5.77. The van der Waals surface area contributed by atoms with Crippen molar-refractivity contribution in [2.45, 2.75) is 27.3 Å². The zero-order chi connectivity index (χ0) is 12.0. The fraction of sp³-hybridized carbons (Fsp3) is 0.583. The van der Waals surface area contributed by atoms with Gasteiger partial charge in [-0.3, -0.25) is 4.99 Å². The van der Waals surface area contributed by atoms with E-state index < -0.39 is 0 Å². The van der Waals surface area contributed by atoms with Gasteiger partial charge in [0.05, 0.1) is 12.8 Å². The van der Waals surface area contributed by atoms with E-state index in [1.165, 1.54) is 0 Å². The first kappa shape index (κ1) is 12.6. The van der Waals surface area contributed by atoms with E-state index in [0.717, 1.165) is 18.8 Å². The summed E-state index contributed by atoms with van der Waals surface area (Å²) in [4.78, 5) is 6.36. The maximum atomic E-state index is 5.93. The van der Waals surface area contributed by atoms with Crippen LogP contribution in [0, 0.1) is 5.92 Å². The third kappa shape index (κ3) is 3.96. The Morgan fingerprint density at radius 1 is 1.56 bits per heavy atom. The topological polar surface area (TPSA) is 54.8 Å². The van der Waals surface area contributed by atoms with E-state index >= 15 is 0 Å². The van der Waals surface area contributed by atoms with Gasteiger partial charge in [0.1, 0.15) is 5.76 Å². The molecule has 0 saturated heterocycles. The quantitative estimate of drug-likeness (QED) is 0.614. The third-order valence-corrected chi connectivity index (χ3v) is 2.25. The van der Waals surface area contributed by atoms with Gasteiger partial charge in [-0.15, -0.1) is 0 Å². The number of nitrogens with zero attached hydrogens (tertiary/aromatic N) is 2. The molecule has 90 valence electrons. The summed E-state index contributed by atoms with van der Waals surface area (Å²) in [6.07, 6.45) is 1.67. The van der Waals surface area contributed by atoms with Crippen molar-refractivity contribution in [3.05, 3.63) is 24.2 Å². The molecule has 0 atom stereocenters. The van der Waals surface area contributed by atoms with Gasteiger partial charge in [0, 0.05) is 13.1 Å². The van der Waals surface area contributed by atoms with E-state index in [2.05, 4.69) is 25.8 Å². The summed E-state index contributed by atoms with van der Waals surface area (Å²) in [5.41, 5.74) is 5.93. The fourth-order valence-electron chi connectivity index (χ4n) is 1.32. The molecule has 0 aliphatic rings. The van der Waals surface area contributed by atoms with Crippen LogP contribution >= 0.6 is 0 Å². The van der Waals surface area contributed by atoms with Crippen LogP contribution in [0.1, 0.15) is 26.5 Å². The van der Waals surface area contributed by atoms with Crippen molar-refractivity contribution in [1.82, 2.24) is 4.90 Å². The smallest absolute Gasteiger partial charge is 0.191 e. The normalized spacial score (nSPS) is 12.1. The summed E-state index contributed by atoms with van der Waals surface area (Å²) in [5, 5.41) is 0. The summed E-state index contributed by atoms with van der Waals surface area (Å²) in [5.74, 6) is 2.03. The van der Waals surface area contributed by atoms with Crippen LogP contribution in [0.4, 0.5) is 0 Å². The minimum Gasteiger partial charge on any atom is -0.467 e. The summed E-state index contributed by atoms with van der Waals surface area (Å²) < 4.78 is 5.29. The van der Waals surface area contributed by atoms with Crippen LogP contribution in [0.2, 0.25) is 0 Å². The Hall–Kier alpha value is -1.45. The molecule has 0 aliphatic heterocycles. The van der Waals surface area contributed by atoms with Crippen molar-refractivity contribution < 1.29 is 4.42 Å². The molecule has 2 N–H and O–H groups in total. The van der Waals surface area contributed by atoms with Gasteiger partial charge in [0.2, 0.25) is 0 Å². The summed E-state index contributed by atoms with van der Waals surface area (Å²) in [7, 11) is 0. The Labute approximate surface area is 97.1 Å². The van der Waals surface area contributed by atoms with Gasteiger partial charge in [-0.25, -0.2) is 0 Å². The average Bonchev–Trinajstić information content (AvgIpc) is 2.75. The number of aliphatic imine (C=N–C) groups is 1. The Bertz CT molecular complexity index is 317. The Kier molecular flexibility index (Phi) is 4.89. The minimum absolute atomic E-state index is 0.529. The molecule has 0 unspecified atom stereocenters. The minimum atomic E-state index is 0.529. The van der Waals surface area contributed by atoms with Crippen LogP contribution in [0.3, 0.4) is 0 Å². The van der Waals surface area contributed by atoms with Crippen molar-refractivity contribution in [3.8, 4) is 0 Å². The Balaban J connectivity index is 2.56. The van der Waals surface area contributed by atoms with Crippen molar-refractivity contribution in [3.63, 3.8) is 0 Å². The lowest BCUT2D eigenvalue weighted by Gasteiger charge is -2.20. The average molecular weight is 223 g/mol. The Morgan fingerprint density at radius 3 is 2.81 bits per heavy atom. The van der Waals surface area contributed by atoms with E-state index in [4.69, 9.17) is 10.2 Å². The van der Waals surface area contributed by atoms with Crippen molar-refractivity contribution in [2.24, 2.45) is 16.6 Å². The molecule has 0 bridgehead atoms. The number of furan rings is 1. The standard InChI is InChI=1S/C12H21N3O/c1-4-15(9-11-6-5-7-16-11)12(13)14-8-10(2)3/h5-7,10H,4,8-9H2,1-3H3,(H2,13,14). The van der Waals surface area contributed by atoms with Gasteiger partial charge >= 0.3 is 0 Å². The second-order valence-electron chi connectivity index (χ2n) is 4.19. The second kappa shape index (κ2) is 6.20. The molecular weight excluding hydrogens is 202 g/mol. The molecule has 0 aliphatic carbocycles. The van der Waals surface area contributed by atoms with Crippen LogP contribution in [-0.4, -0.2) is 23.9 Å². The molecule has 4 heteroatoms. The van der Waals surface area contributed by atoms with Gasteiger partial charge < -0.3 is 15.1 Å². The van der Waals surface area contributed by atoms with E-state index in [1.54, 1.807) is 6.26 Å². The van der Waals surface area contributed by atoms with Gasteiger partial charge in [0.15, 0.2) is 5.96 Å². The molecule has 1 rings (SSSR count). The summed E-state index contributed by atoms with van der Waals surface area (Å²) >= 11 is 0. The predicted octanol–water partition coefficient (Wildman–Crippen LogP) is 2.07. The first-order valence-corrected chi connectivity index (χ1v) is 5.70. The molecule has 0 radical (unpaired) electrons. The van der Waals surface area contributed by atoms with E-state index in [9.17, 15) is 0 Å². The molecule has 0 spiro atoms. The lowest BCUT2D eigenvalue weighted by atomic mass is 10.2. The summed E-state index contributed by atoms with van der Waals surface area (Å²) in [6, 6.07) is 3.82. The first-order chi connectivity index (χ1) is 7.63. The van der Waals surface area contributed by atoms with Crippen LogP contribution in [-0.2, 0) is 6.54 Å². The zero-order valence-electron chi connectivity index (χ0n) is 10.3. The number of nitrogens with two attached hydrogens (primary N) is 1. The van der Waals surface area contributed by atoms with Gasteiger partial charge in [0.25, 0.3) is 0 Å². The molecule has 0 saturated carbocycles. The maximum absolute atomic E-state index is 5.93. The highest BCUT2D eigenvalue weighted by Gasteiger charge is 2.08. The SMILES string of the molecule is CCN(Cc1ccco1)C(N)=NCC(C)C. The summed E-state index contributed by atoms with van der Waals surface area (Å²) in [6.45, 7) is 8.57. The van der Waals surface area contributed by atoms with E-state index in [0.29, 0.717) is 18.4 Å². The monoisotopic (exact) mass is 223 g/mol. The number of hydrogen-bond acceptors (Lipinski definition) is 2. The third-order valence-electron chi connectivity index (χ3n) is 2.25. The van der Waals surface area contributed by atoms with Crippen LogP contribution in [0.25, 0.3) is 0 Å². The molecule has 1 aromatic heterocycles. The molecule has 4 nitrogen and oxygen atoms in total. The largest absolute Gasteiger partial charge is 0.467 e. The van der Waals surface area contributed by atoms with E-state index in [-0.39, 0.29) is 0 Å². The lowest BCUT2D eigenvalue weighted by Crippen LogP contribution is -2.37. The second-order valence-corrected chi connectivity index (χ2v) is 4.19. The van der Waals surface area contributed by atoms with E-state index in [1.807, 2.05) is 17.0 Å². The highest BCUT2D eigenvalue weighted by atomic mass is 16.3. The van der Waals surface area contributed by atoms with Crippen LogP contribution < -0.4 is 5.73 Å². The zero-order valence-corrected chi connectivity index (χ0v) is 10.3. The van der Waals surface area contributed by atoms with Gasteiger partial charge in [-0.1, -0.05) is 13.8 Å². The fourth-order valence-corrected chi connectivity index (χ4v) is 1.32. The maximum Gasteiger partial charge on any atom is 0.191 e. The van der Waals surface area contributed by atoms with Gasteiger partial charge in [-0.05, 0) is 25.0 Å². The molecule has 1 aromatic rings. The molecule has 0 aromatic carbocycles. The molecule has 0 fully saturated rings. The number of rotatable bonds is 5. The predicted molar refractivity (Wildman–Crippen MR) is 66.1 cm³/mol. The molecule has 16 heavy (non-hydrogen) atoms. The number of hydrogen-bond donors (Lipinski definition) is 1. The molecule has 0 amide bonds. The van der Waals surface area contributed by atoms with Crippen molar-refractivity contribution >= 4 is 5.96 Å². The van der Waals surface area contributed by atoms with Crippen molar-refractivity contribution in [1.29, 1.82) is 0 Å².